The molecule has 30 heavy (non-hydrogen) atoms. The van der Waals surface area contributed by atoms with E-state index in [9.17, 15) is 4.79 Å². The molecule has 5 rings (SSSR count). The van der Waals surface area contributed by atoms with Crippen LogP contribution in [0.5, 0.6) is 0 Å². The second-order valence-electron chi connectivity index (χ2n) is 8.81. The summed E-state index contributed by atoms with van der Waals surface area (Å²) < 4.78 is 2.13. The molecular weight excluding hydrogens is 370 g/mol. The Labute approximate surface area is 178 Å². The van der Waals surface area contributed by atoms with Gasteiger partial charge in [0.1, 0.15) is 0 Å². The summed E-state index contributed by atoms with van der Waals surface area (Å²) in [7, 11) is 0. The van der Waals surface area contributed by atoms with Gasteiger partial charge >= 0.3 is 0 Å². The first kappa shape index (κ1) is 19.3. The largest absolute Gasteiger partial charge is 0.309 e. The third kappa shape index (κ3) is 3.61. The molecule has 3 aromatic rings. The van der Waals surface area contributed by atoms with Crippen LogP contribution in [0.15, 0.2) is 71.7 Å². The molecule has 4 nitrogen and oxygen atoms in total. The fourth-order valence-electron chi connectivity index (χ4n) is 5.50. The number of benzene rings is 1. The van der Waals surface area contributed by atoms with Gasteiger partial charge in [0.2, 0.25) is 0 Å². The molecule has 0 radical (unpaired) electrons. The van der Waals surface area contributed by atoms with Gasteiger partial charge in [-0.15, -0.1) is 0 Å². The summed E-state index contributed by atoms with van der Waals surface area (Å²) in [6, 6.07) is 21.0. The average molecular weight is 400 g/mol. The van der Waals surface area contributed by atoms with Crippen molar-refractivity contribution in [2.24, 2.45) is 5.92 Å². The number of likely N-dealkylation sites (tertiary alicyclic amines) is 1. The number of piperidine rings is 1. The minimum atomic E-state index is 0.180. The van der Waals surface area contributed by atoms with Crippen LogP contribution in [0.4, 0.5) is 0 Å². The Bertz CT molecular complexity index is 1060. The number of aromatic nitrogens is 2. The van der Waals surface area contributed by atoms with E-state index in [2.05, 4.69) is 51.7 Å². The summed E-state index contributed by atoms with van der Waals surface area (Å²) in [4.78, 5) is 19.7. The Morgan fingerprint density at radius 1 is 1.00 bits per heavy atom. The maximum absolute atomic E-state index is 12.6. The van der Waals surface area contributed by atoms with Crippen LogP contribution in [0.3, 0.4) is 0 Å². The maximum atomic E-state index is 12.6. The van der Waals surface area contributed by atoms with Crippen molar-refractivity contribution < 1.29 is 0 Å². The summed E-state index contributed by atoms with van der Waals surface area (Å²) in [5.41, 5.74) is 4.94. The molecular formula is C26H29N3O. The minimum absolute atomic E-state index is 0.180. The third-order valence-corrected chi connectivity index (χ3v) is 6.78. The van der Waals surface area contributed by atoms with E-state index in [1.807, 2.05) is 30.5 Å². The van der Waals surface area contributed by atoms with E-state index in [4.69, 9.17) is 0 Å². The Morgan fingerprint density at radius 2 is 1.87 bits per heavy atom. The monoisotopic (exact) mass is 399 g/mol. The molecule has 1 aromatic carbocycles. The van der Waals surface area contributed by atoms with E-state index in [-0.39, 0.29) is 5.56 Å². The lowest BCUT2D eigenvalue weighted by molar-refractivity contribution is 0.0817. The number of pyridine rings is 2. The highest BCUT2D eigenvalue weighted by atomic mass is 16.1. The van der Waals surface area contributed by atoms with Gasteiger partial charge in [-0.25, -0.2) is 0 Å². The van der Waals surface area contributed by atoms with Gasteiger partial charge in [0.25, 0.3) is 5.56 Å². The smallest absolute Gasteiger partial charge is 0.250 e. The van der Waals surface area contributed by atoms with Gasteiger partial charge < -0.3 is 4.57 Å². The molecule has 0 saturated carbocycles. The van der Waals surface area contributed by atoms with Crippen molar-refractivity contribution in [1.29, 1.82) is 0 Å². The highest BCUT2D eigenvalue weighted by Crippen LogP contribution is 2.43. The van der Waals surface area contributed by atoms with Gasteiger partial charge in [-0.05, 0) is 42.5 Å². The quantitative estimate of drug-likeness (QED) is 0.614. The molecule has 0 N–H and O–H groups in total. The third-order valence-electron chi connectivity index (χ3n) is 6.78. The number of rotatable bonds is 5. The van der Waals surface area contributed by atoms with Gasteiger partial charge in [-0.3, -0.25) is 14.7 Å². The molecule has 0 spiro atoms. The minimum Gasteiger partial charge on any atom is -0.309 e. The zero-order valence-corrected chi connectivity index (χ0v) is 17.6. The second kappa shape index (κ2) is 8.19. The molecule has 0 unspecified atom stereocenters. The highest BCUT2D eigenvalue weighted by Gasteiger charge is 2.39. The van der Waals surface area contributed by atoms with Crippen molar-refractivity contribution in [1.82, 2.24) is 14.5 Å². The Balaban J connectivity index is 1.36. The average Bonchev–Trinajstić information content (AvgIpc) is 2.78. The van der Waals surface area contributed by atoms with Crippen LogP contribution in [0, 0.1) is 5.92 Å². The molecule has 1 saturated heterocycles. The van der Waals surface area contributed by atoms with E-state index in [0.717, 1.165) is 43.7 Å². The van der Waals surface area contributed by atoms with Gasteiger partial charge in [0.15, 0.2) is 0 Å². The zero-order valence-electron chi connectivity index (χ0n) is 17.6. The number of hydrogen-bond donors (Lipinski definition) is 0. The number of nitrogens with zero attached hydrogens (tertiary/aromatic N) is 3. The van der Waals surface area contributed by atoms with Crippen molar-refractivity contribution in [3.8, 4) is 11.3 Å². The molecule has 2 aliphatic heterocycles. The Morgan fingerprint density at radius 3 is 2.63 bits per heavy atom. The summed E-state index contributed by atoms with van der Waals surface area (Å²) >= 11 is 0. The van der Waals surface area contributed by atoms with E-state index in [1.54, 1.807) is 6.07 Å². The topological polar surface area (TPSA) is 38.1 Å². The lowest BCUT2D eigenvalue weighted by Gasteiger charge is -2.47. The van der Waals surface area contributed by atoms with Gasteiger partial charge in [-0.2, -0.15) is 0 Å². The van der Waals surface area contributed by atoms with Gasteiger partial charge in [0.05, 0.1) is 5.69 Å². The lowest BCUT2D eigenvalue weighted by atomic mass is 9.77. The fraction of sp³-hybridized carbons (Fsp3) is 0.385. The first-order valence-electron chi connectivity index (χ1n) is 11.2. The van der Waals surface area contributed by atoms with Crippen molar-refractivity contribution in [3.63, 3.8) is 0 Å². The van der Waals surface area contributed by atoms with Crippen LogP contribution >= 0.6 is 0 Å². The van der Waals surface area contributed by atoms with E-state index in [1.165, 1.54) is 17.7 Å². The van der Waals surface area contributed by atoms with Crippen LogP contribution in [0.1, 0.15) is 49.4 Å². The first-order chi connectivity index (χ1) is 14.7. The van der Waals surface area contributed by atoms with E-state index < -0.39 is 0 Å². The molecule has 1 fully saturated rings. The van der Waals surface area contributed by atoms with Crippen LogP contribution in [-0.4, -0.2) is 27.5 Å². The second-order valence-corrected chi connectivity index (χ2v) is 8.81. The highest BCUT2D eigenvalue weighted by molar-refractivity contribution is 5.58. The van der Waals surface area contributed by atoms with E-state index >= 15 is 0 Å². The SMILES string of the molecule is CCC[C@H]1[C@H]2C[C@H](CN(Cc3ccc(-c4ccccn4)cc3)C2)c2cccc(=O)n21. The van der Waals surface area contributed by atoms with Crippen LogP contribution in [-0.2, 0) is 6.54 Å². The molecule has 0 amide bonds. The molecule has 154 valence electrons. The summed E-state index contributed by atoms with van der Waals surface area (Å²) in [6.07, 6.45) is 5.25. The molecule has 4 heteroatoms. The zero-order chi connectivity index (χ0) is 20.5. The van der Waals surface area contributed by atoms with Crippen LogP contribution in [0.25, 0.3) is 11.3 Å². The predicted molar refractivity (Wildman–Crippen MR) is 120 cm³/mol. The molecule has 4 heterocycles. The van der Waals surface area contributed by atoms with Crippen LogP contribution < -0.4 is 5.56 Å². The van der Waals surface area contributed by atoms with Crippen molar-refractivity contribution in [2.45, 2.75) is 44.7 Å². The Hall–Kier alpha value is -2.72. The fourth-order valence-corrected chi connectivity index (χ4v) is 5.50. The summed E-state index contributed by atoms with van der Waals surface area (Å²) in [5, 5.41) is 0. The summed E-state index contributed by atoms with van der Waals surface area (Å²) in [6.45, 7) is 5.29. The number of fused-ring (bicyclic) bond motifs is 4. The first-order valence-corrected chi connectivity index (χ1v) is 11.2. The Kier molecular flexibility index (Phi) is 5.26. The normalized spacial score (nSPS) is 23.2. The molecule has 3 atom stereocenters. The lowest BCUT2D eigenvalue weighted by Crippen LogP contribution is -2.49. The standard InChI is InChI=1S/C26H29N3O/c1-2-6-24-21-15-22(25-8-5-9-26(30)29(24)25)18-28(17-21)16-19-10-12-20(13-11-19)23-7-3-4-14-27-23/h3-5,7-14,21-22,24H,2,6,15-18H2,1H3/t21-,22+,24-/m0/s1. The van der Waals surface area contributed by atoms with Crippen molar-refractivity contribution in [2.75, 3.05) is 13.1 Å². The molecule has 2 bridgehead atoms. The van der Waals surface area contributed by atoms with Gasteiger partial charge in [0, 0.05) is 55.1 Å². The molecule has 2 aromatic heterocycles. The maximum Gasteiger partial charge on any atom is 0.250 e. The summed E-state index contributed by atoms with van der Waals surface area (Å²) in [5.74, 6) is 1.02. The van der Waals surface area contributed by atoms with Gasteiger partial charge in [-0.1, -0.05) is 49.7 Å². The predicted octanol–water partition coefficient (Wildman–Crippen LogP) is 4.87. The van der Waals surface area contributed by atoms with E-state index in [0.29, 0.717) is 17.9 Å². The van der Waals surface area contributed by atoms with Crippen LogP contribution in [0.2, 0.25) is 0 Å². The van der Waals surface area contributed by atoms with Crippen molar-refractivity contribution in [3.05, 3.63) is 88.5 Å². The molecule has 0 aliphatic carbocycles. The molecule has 2 aliphatic rings. The van der Waals surface area contributed by atoms with Crippen molar-refractivity contribution >= 4 is 0 Å². The number of hydrogen-bond acceptors (Lipinski definition) is 3.